The maximum absolute atomic E-state index is 12.1. The first kappa shape index (κ1) is 15.3. The molecule has 1 aromatic carbocycles. The summed E-state index contributed by atoms with van der Waals surface area (Å²) < 4.78 is 0. The number of hydrogen-bond donors (Lipinski definition) is 1. The second kappa shape index (κ2) is 7.67. The number of amides is 1. The number of rotatable bonds is 6. The molecule has 100 valence electrons. The van der Waals surface area contributed by atoms with Gasteiger partial charge in [0.2, 0.25) is 5.91 Å². The van der Waals surface area contributed by atoms with Gasteiger partial charge in [-0.15, -0.1) is 11.8 Å². The zero-order valence-electron chi connectivity index (χ0n) is 10.9. The van der Waals surface area contributed by atoms with E-state index in [4.69, 9.17) is 11.6 Å². The molecule has 0 saturated heterocycles. The summed E-state index contributed by atoms with van der Waals surface area (Å²) >= 11 is 7.38. The van der Waals surface area contributed by atoms with Crippen LogP contribution in [-0.4, -0.2) is 43.2 Å². The standard InChI is InChI=1S/C13H19ClN2OS/c1-10(13(17)16(3)9-8-15-2)18-12-6-4-11(14)5-7-12/h4-7,10,15H,8-9H2,1-3H3. The van der Waals surface area contributed by atoms with Crippen molar-refractivity contribution in [3.8, 4) is 0 Å². The fourth-order valence-electron chi connectivity index (χ4n) is 1.47. The summed E-state index contributed by atoms with van der Waals surface area (Å²) in [5.41, 5.74) is 0. The lowest BCUT2D eigenvalue weighted by Gasteiger charge is -2.21. The van der Waals surface area contributed by atoms with Gasteiger partial charge in [0.25, 0.3) is 0 Å². The van der Waals surface area contributed by atoms with E-state index in [-0.39, 0.29) is 11.2 Å². The van der Waals surface area contributed by atoms with Gasteiger partial charge in [0.15, 0.2) is 0 Å². The van der Waals surface area contributed by atoms with Gasteiger partial charge < -0.3 is 10.2 Å². The number of hydrogen-bond acceptors (Lipinski definition) is 3. The molecule has 5 heteroatoms. The molecule has 1 amide bonds. The molecule has 0 radical (unpaired) electrons. The van der Waals surface area contributed by atoms with Crippen molar-refractivity contribution < 1.29 is 4.79 Å². The van der Waals surface area contributed by atoms with E-state index in [0.29, 0.717) is 5.02 Å². The van der Waals surface area contributed by atoms with Crippen LogP contribution in [0.2, 0.25) is 5.02 Å². The molecule has 0 aromatic heterocycles. The number of halogens is 1. The topological polar surface area (TPSA) is 32.3 Å². The Kier molecular flexibility index (Phi) is 6.54. The molecule has 0 aliphatic heterocycles. The van der Waals surface area contributed by atoms with Crippen LogP contribution in [0.5, 0.6) is 0 Å². The van der Waals surface area contributed by atoms with E-state index in [2.05, 4.69) is 5.32 Å². The van der Waals surface area contributed by atoms with Crippen LogP contribution in [-0.2, 0) is 4.79 Å². The Hall–Kier alpha value is -0.710. The summed E-state index contributed by atoms with van der Waals surface area (Å²) in [6.45, 7) is 3.46. The molecule has 0 heterocycles. The van der Waals surface area contributed by atoms with Crippen LogP contribution in [0.25, 0.3) is 0 Å². The Labute approximate surface area is 118 Å². The third kappa shape index (κ3) is 4.88. The normalized spacial score (nSPS) is 12.2. The minimum absolute atomic E-state index is 0.0898. The highest BCUT2D eigenvalue weighted by Crippen LogP contribution is 2.25. The molecule has 3 nitrogen and oxygen atoms in total. The van der Waals surface area contributed by atoms with Gasteiger partial charge in [-0.3, -0.25) is 4.79 Å². The van der Waals surface area contributed by atoms with Crippen molar-refractivity contribution in [2.75, 3.05) is 27.2 Å². The monoisotopic (exact) mass is 286 g/mol. The summed E-state index contributed by atoms with van der Waals surface area (Å²) in [5.74, 6) is 0.144. The van der Waals surface area contributed by atoms with Crippen molar-refractivity contribution in [1.29, 1.82) is 0 Å². The lowest BCUT2D eigenvalue weighted by Crippen LogP contribution is -2.37. The number of likely N-dealkylation sites (N-methyl/N-ethyl adjacent to an activating group) is 2. The fraction of sp³-hybridized carbons (Fsp3) is 0.462. The summed E-state index contributed by atoms with van der Waals surface area (Å²) in [7, 11) is 3.71. The molecule has 1 unspecified atom stereocenters. The zero-order chi connectivity index (χ0) is 13.5. The van der Waals surface area contributed by atoms with E-state index >= 15 is 0 Å². The van der Waals surface area contributed by atoms with Crippen molar-refractivity contribution in [2.45, 2.75) is 17.1 Å². The molecule has 18 heavy (non-hydrogen) atoms. The van der Waals surface area contributed by atoms with Crippen LogP contribution in [0, 0.1) is 0 Å². The molecule has 0 aliphatic rings. The molecular formula is C13H19ClN2OS. The molecule has 0 saturated carbocycles. The van der Waals surface area contributed by atoms with E-state index < -0.39 is 0 Å². The smallest absolute Gasteiger partial charge is 0.235 e. The van der Waals surface area contributed by atoms with Gasteiger partial charge in [-0.1, -0.05) is 11.6 Å². The molecule has 1 aromatic rings. The number of carbonyl (C=O) groups excluding carboxylic acids is 1. The lowest BCUT2D eigenvalue weighted by atomic mass is 10.4. The van der Waals surface area contributed by atoms with Gasteiger partial charge in [-0.2, -0.15) is 0 Å². The van der Waals surface area contributed by atoms with Gasteiger partial charge in [0.1, 0.15) is 0 Å². The minimum Gasteiger partial charge on any atom is -0.344 e. The Morgan fingerprint density at radius 2 is 2.06 bits per heavy atom. The number of thioether (sulfide) groups is 1. The van der Waals surface area contributed by atoms with E-state index in [1.54, 1.807) is 16.7 Å². The van der Waals surface area contributed by atoms with Crippen LogP contribution >= 0.6 is 23.4 Å². The molecule has 1 N–H and O–H groups in total. The van der Waals surface area contributed by atoms with Crippen molar-refractivity contribution in [3.63, 3.8) is 0 Å². The van der Waals surface area contributed by atoms with E-state index in [1.165, 1.54) is 0 Å². The summed E-state index contributed by atoms with van der Waals surface area (Å²) in [5, 5.41) is 3.66. The first-order chi connectivity index (χ1) is 8.54. The van der Waals surface area contributed by atoms with Crippen LogP contribution in [0.3, 0.4) is 0 Å². The first-order valence-electron chi connectivity index (χ1n) is 5.86. The van der Waals surface area contributed by atoms with Crippen molar-refractivity contribution in [2.24, 2.45) is 0 Å². The number of nitrogens with zero attached hydrogens (tertiary/aromatic N) is 1. The van der Waals surface area contributed by atoms with Gasteiger partial charge in [0, 0.05) is 30.1 Å². The third-order valence-electron chi connectivity index (χ3n) is 2.55. The second-order valence-corrected chi connectivity index (χ2v) is 5.93. The Morgan fingerprint density at radius 1 is 1.44 bits per heavy atom. The van der Waals surface area contributed by atoms with Crippen molar-refractivity contribution in [3.05, 3.63) is 29.3 Å². The maximum Gasteiger partial charge on any atom is 0.235 e. The predicted molar refractivity (Wildman–Crippen MR) is 78.3 cm³/mol. The highest BCUT2D eigenvalue weighted by molar-refractivity contribution is 8.00. The van der Waals surface area contributed by atoms with Gasteiger partial charge in [-0.05, 0) is 38.2 Å². The highest BCUT2D eigenvalue weighted by Gasteiger charge is 2.18. The quantitative estimate of drug-likeness (QED) is 0.816. The molecule has 1 rings (SSSR count). The third-order valence-corrected chi connectivity index (χ3v) is 3.90. The lowest BCUT2D eigenvalue weighted by molar-refractivity contribution is -0.128. The maximum atomic E-state index is 12.1. The Bertz CT molecular complexity index is 383. The molecular weight excluding hydrogens is 268 g/mol. The van der Waals surface area contributed by atoms with Gasteiger partial charge >= 0.3 is 0 Å². The first-order valence-corrected chi connectivity index (χ1v) is 7.12. The van der Waals surface area contributed by atoms with E-state index in [0.717, 1.165) is 18.0 Å². The number of carbonyl (C=O) groups is 1. The molecule has 0 spiro atoms. The largest absolute Gasteiger partial charge is 0.344 e. The van der Waals surface area contributed by atoms with Crippen LogP contribution in [0.15, 0.2) is 29.2 Å². The average Bonchev–Trinajstić information content (AvgIpc) is 2.37. The van der Waals surface area contributed by atoms with Gasteiger partial charge in [0.05, 0.1) is 5.25 Å². The molecule has 0 fully saturated rings. The zero-order valence-corrected chi connectivity index (χ0v) is 12.5. The predicted octanol–water partition coefficient (Wildman–Crippen LogP) is 2.50. The van der Waals surface area contributed by atoms with E-state index in [9.17, 15) is 4.79 Å². The average molecular weight is 287 g/mol. The summed E-state index contributed by atoms with van der Waals surface area (Å²) in [4.78, 5) is 14.9. The SMILES string of the molecule is CNCCN(C)C(=O)C(C)Sc1ccc(Cl)cc1. The van der Waals surface area contributed by atoms with Crippen LogP contribution < -0.4 is 5.32 Å². The highest BCUT2D eigenvalue weighted by atomic mass is 35.5. The molecule has 0 bridgehead atoms. The van der Waals surface area contributed by atoms with Crippen LogP contribution in [0.4, 0.5) is 0 Å². The Balaban J connectivity index is 2.51. The molecule has 0 aliphatic carbocycles. The summed E-state index contributed by atoms with van der Waals surface area (Å²) in [6, 6.07) is 7.55. The fourth-order valence-corrected chi connectivity index (χ4v) is 2.58. The van der Waals surface area contributed by atoms with Crippen molar-refractivity contribution in [1.82, 2.24) is 10.2 Å². The molecule has 1 atom stereocenters. The second-order valence-electron chi connectivity index (χ2n) is 4.08. The Morgan fingerprint density at radius 3 is 2.61 bits per heavy atom. The van der Waals surface area contributed by atoms with Crippen LogP contribution in [0.1, 0.15) is 6.92 Å². The van der Waals surface area contributed by atoms with Crippen molar-refractivity contribution >= 4 is 29.3 Å². The van der Waals surface area contributed by atoms with E-state index in [1.807, 2.05) is 45.3 Å². The number of nitrogens with one attached hydrogen (secondary N) is 1. The minimum atomic E-state index is -0.0898. The summed E-state index contributed by atoms with van der Waals surface area (Å²) in [6.07, 6.45) is 0. The van der Waals surface area contributed by atoms with Gasteiger partial charge in [-0.25, -0.2) is 0 Å². The number of benzene rings is 1.